The molecule has 1 aromatic carbocycles. The largest absolute Gasteiger partial charge is 0.382 e. The molecule has 0 amide bonds. The monoisotopic (exact) mass is 208 g/mol. The molecule has 1 aromatic rings. The van der Waals surface area contributed by atoms with Gasteiger partial charge in [0.1, 0.15) is 5.82 Å². The Morgan fingerprint density at radius 1 is 1.53 bits per heavy atom. The standard InChI is InChI=1S/C11H13FN2O/c1-8(15-2)7-14-11-4-9(6-13)3-10(12)5-11/h3-5,8,14H,7H2,1-2H3. The van der Waals surface area contributed by atoms with Crippen LogP contribution in [0.5, 0.6) is 0 Å². The van der Waals surface area contributed by atoms with Crippen molar-refractivity contribution in [3.8, 4) is 6.07 Å². The van der Waals surface area contributed by atoms with Gasteiger partial charge >= 0.3 is 0 Å². The molecule has 0 aliphatic carbocycles. The molecule has 0 aliphatic rings. The Kier molecular flexibility index (Phi) is 4.07. The van der Waals surface area contributed by atoms with Gasteiger partial charge in [-0.15, -0.1) is 0 Å². The Bertz CT molecular complexity index is 373. The molecule has 3 nitrogen and oxygen atoms in total. The summed E-state index contributed by atoms with van der Waals surface area (Å²) in [5.41, 5.74) is 0.901. The van der Waals surface area contributed by atoms with E-state index in [0.717, 1.165) is 0 Å². The number of anilines is 1. The van der Waals surface area contributed by atoms with Crippen molar-refractivity contribution >= 4 is 5.69 Å². The quantitative estimate of drug-likeness (QED) is 0.824. The molecule has 0 aliphatic heterocycles. The predicted molar refractivity (Wildman–Crippen MR) is 56.1 cm³/mol. The first-order valence-electron chi connectivity index (χ1n) is 4.63. The van der Waals surface area contributed by atoms with Crippen LogP contribution >= 0.6 is 0 Å². The molecule has 0 fully saturated rings. The smallest absolute Gasteiger partial charge is 0.126 e. The van der Waals surface area contributed by atoms with E-state index in [9.17, 15) is 4.39 Å². The first-order valence-corrected chi connectivity index (χ1v) is 4.63. The van der Waals surface area contributed by atoms with Gasteiger partial charge in [0.25, 0.3) is 0 Å². The summed E-state index contributed by atoms with van der Waals surface area (Å²) in [6, 6.07) is 6.05. The van der Waals surface area contributed by atoms with E-state index in [2.05, 4.69) is 5.32 Å². The number of ether oxygens (including phenoxy) is 1. The van der Waals surface area contributed by atoms with Gasteiger partial charge in [0.15, 0.2) is 0 Å². The molecule has 0 saturated heterocycles. The fourth-order valence-electron chi connectivity index (χ4n) is 1.10. The lowest BCUT2D eigenvalue weighted by Crippen LogP contribution is -2.18. The zero-order chi connectivity index (χ0) is 11.3. The number of nitrogens with one attached hydrogen (secondary N) is 1. The van der Waals surface area contributed by atoms with Crippen LogP contribution < -0.4 is 5.32 Å². The average molecular weight is 208 g/mol. The zero-order valence-corrected chi connectivity index (χ0v) is 8.75. The molecule has 4 heteroatoms. The van der Waals surface area contributed by atoms with Gasteiger partial charge in [-0.1, -0.05) is 0 Å². The molecular formula is C11H13FN2O. The van der Waals surface area contributed by atoms with Crippen molar-refractivity contribution in [1.82, 2.24) is 0 Å². The van der Waals surface area contributed by atoms with Crippen LogP contribution in [0.25, 0.3) is 0 Å². The van der Waals surface area contributed by atoms with Crippen molar-refractivity contribution in [2.75, 3.05) is 19.0 Å². The third-order valence-corrected chi connectivity index (χ3v) is 2.02. The van der Waals surface area contributed by atoms with E-state index < -0.39 is 5.82 Å². The minimum Gasteiger partial charge on any atom is -0.382 e. The summed E-state index contributed by atoms with van der Waals surface area (Å²) in [5, 5.41) is 11.6. The fourth-order valence-corrected chi connectivity index (χ4v) is 1.10. The van der Waals surface area contributed by atoms with Crippen molar-refractivity contribution < 1.29 is 9.13 Å². The van der Waals surface area contributed by atoms with Crippen LogP contribution in [0, 0.1) is 17.1 Å². The van der Waals surface area contributed by atoms with E-state index in [1.54, 1.807) is 13.2 Å². The first-order chi connectivity index (χ1) is 7.15. The predicted octanol–water partition coefficient (Wildman–Crippen LogP) is 2.14. The Morgan fingerprint density at radius 3 is 2.87 bits per heavy atom. The van der Waals surface area contributed by atoms with Crippen molar-refractivity contribution in [3.63, 3.8) is 0 Å². The van der Waals surface area contributed by atoms with Crippen LogP contribution in [0.15, 0.2) is 18.2 Å². The maximum absolute atomic E-state index is 13.0. The molecule has 1 rings (SSSR count). The molecule has 0 radical (unpaired) electrons. The number of rotatable bonds is 4. The van der Waals surface area contributed by atoms with Gasteiger partial charge < -0.3 is 10.1 Å². The van der Waals surface area contributed by atoms with Crippen LogP contribution in [-0.4, -0.2) is 19.8 Å². The molecule has 15 heavy (non-hydrogen) atoms. The van der Waals surface area contributed by atoms with Crippen LogP contribution in [0.1, 0.15) is 12.5 Å². The third-order valence-electron chi connectivity index (χ3n) is 2.02. The summed E-state index contributed by atoms with van der Waals surface area (Å²) < 4.78 is 18.0. The Hall–Kier alpha value is -1.60. The van der Waals surface area contributed by atoms with Crippen molar-refractivity contribution in [2.45, 2.75) is 13.0 Å². The summed E-state index contributed by atoms with van der Waals surface area (Å²) in [6.45, 7) is 2.47. The molecule has 0 heterocycles. The fraction of sp³-hybridized carbons (Fsp3) is 0.364. The van der Waals surface area contributed by atoms with Gasteiger partial charge in [0.2, 0.25) is 0 Å². The van der Waals surface area contributed by atoms with E-state index in [1.165, 1.54) is 12.1 Å². The second kappa shape index (κ2) is 5.32. The van der Waals surface area contributed by atoms with E-state index in [0.29, 0.717) is 17.8 Å². The molecular weight excluding hydrogens is 195 g/mol. The topological polar surface area (TPSA) is 45.0 Å². The lowest BCUT2D eigenvalue weighted by molar-refractivity contribution is 0.129. The summed E-state index contributed by atoms with van der Waals surface area (Å²) >= 11 is 0. The molecule has 0 bridgehead atoms. The zero-order valence-electron chi connectivity index (χ0n) is 8.75. The van der Waals surface area contributed by atoms with Crippen molar-refractivity contribution in [3.05, 3.63) is 29.6 Å². The highest BCUT2D eigenvalue weighted by Crippen LogP contribution is 2.13. The maximum atomic E-state index is 13.0. The highest BCUT2D eigenvalue weighted by atomic mass is 19.1. The summed E-state index contributed by atoms with van der Waals surface area (Å²) in [4.78, 5) is 0. The van der Waals surface area contributed by atoms with E-state index in [4.69, 9.17) is 10.00 Å². The van der Waals surface area contributed by atoms with Crippen LogP contribution in [-0.2, 0) is 4.74 Å². The molecule has 1 unspecified atom stereocenters. The highest BCUT2D eigenvalue weighted by molar-refractivity contribution is 5.49. The number of hydrogen-bond donors (Lipinski definition) is 1. The number of nitriles is 1. The van der Waals surface area contributed by atoms with Crippen molar-refractivity contribution in [1.29, 1.82) is 5.26 Å². The number of methoxy groups -OCH3 is 1. The molecule has 80 valence electrons. The van der Waals surface area contributed by atoms with E-state index in [-0.39, 0.29) is 6.10 Å². The van der Waals surface area contributed by atoms with Crippen LogP contribution in [0.4, 0.5) is 10.1 Å². The second-order valence-corrected chi connectivity index (χ2v) is 3.27. The first kappa shape index (κ1) is 11.5. The van der Waals surface area contributed by atoms with Crippen molar-refractivity contribution in [2.24, 2.45) is 0 Å². The minimum atomic E-state index is -0.415. The highest BCUT2D eigenvalue weighted by Gasteiger charge is 2.02. The molecule has 1 atom stereocenters. The van der Waals surface area contributed by atoms with Crippen LogP contribution in [0.3, 0.4) is 0 Å². The SMILES string of the molecule is COC(C)CNc1cc(F)cc(C#N)c1. The Balaban J connectivity index is 2.69. The minimum absolute atomic E-state index is 0.0406. The third kappa shape index (κ3) is 3.56. The number of hydrogen-bond acceptors (Lipinski definition) is 3. The second-order valence-electron chi connectivity index (χ2n) is 3.27. The number of halogens is 1. The lowest BCUT2D eigenvalue weighted by atomic mass is 10.2. The lowest BCUT2D eigenvalue weighted by Gasteiger charge is -2.11. The maximum Gasteiger partial charge on any atom is 0.126 e. The van der Waals surface area contributed by atoms with Gasteiger partial charge in [0.05, 0.1) is 17.7 Å². The van der Waals surface area contributed by atoms with E-state index in [1.807, 2.05) is 13.0 Å². The molecule has 1 N–H and O–H groups in total. The Morgan fingerprint density at radius 2 is 2.27 bits per heavy atom. The van der Waals surface area contributed by atoms with Crippen LogP contribution in [0.2, 0.25) is 0 Å². The van der Waals surface area contributed by atoms with Gasteiger partial charge in [-0.3, -0.25) is 0 Å². The van der Waals surface area contributed by atoms with Gasteiger partial charge in [-0.2, -0.15) is 5.26 Å². The normalized spacial score (nSPS) is 11.9. The number of nitrogens with zero attached hydrogens (tertiary/aromatic N) is 1. The molecule has 0 saturated carbocycles. The van der Waals surface area contributed by atoms with Gasteiger partial charge in [-0.25, -0.2) is 4.39 Å². The van der Waals surface area contributed by atoms with Gasteiger partial charge in [0, 0.05) is 19.3 Å². The average Bonchev–Trinajstić information content (AvgIpc) is 2.25. The van der Waals surface area contributed by atoms with Gasteiger partial charge in [-0.05, 0) is 25.1 Å². The summed E-state index contributed by atoms with van der Waals surface area (Å²) in [6.07, 6.45) is 0.0406. The Labute approximate surface area is 88.5 Å². The summed E-state index contributed by atoms with van der Waals surface area (Å²) in [5.74, 6) is -0.415. The molecule has 0 spiro atoms. The van der Waals surface area contributed by atoms with E-state index >= 15 is 0 Å². The summed E-state index contributed by atoms with van der Waals surface area (Å²) in [7, 11) is 1.61. The molecule has 0 aromatic heterocycles. The number of benzene rings is 1.